The number of carboxylic acids is 1. The summed E-state index contributed by atoms with van der Waals surface area (Å²) in [6.45, 7) is 2.37. The summed E-state index contributed by atoms with van der Waals surface area (Å²) in [5.74, 6) is -1.11. The van der Waals surface area contributed by atoms with Crippen molar-refractivity contribution in [2.75, 3.05) is 6.54 Å². The van der Waals surface area contributed by atoms with E-state index in [9.17, 15) is 14.7 Å². The Bertz CT molecular complexity index is 515. The van der Waals surface area contributed by atoms with E-state index in [2.05, 4.69) is 15.9 Å². The van der Waals surface area contributed by atoms with E-state index in [1.165, 1.54) is 4.90 Å². The molecule has 0 aliphatic carbocycles. The lowest BCUT2D eigenvalue weighted by molar-refractivity contribution is -0.143. The molecule has 4 nitrogen and oxygen atoms in total. The first-order valence-corrected chi connectivity index (χ1v) is 7.10. The number of nitrogens with zero attached hydrogens (tertiary/aromatic N) is 1. The molecule has 1 fully saturated rings. The van der Waals surface area contributed by atoms with E-state index in [0.717, 1.165) is 22.9 Å². The average Bonchev–Trinajstić information content (AvgIpc) is 2.41. The van der Waals surface area contributed by atoms with Gasteiger partial charge in [-0.3, -0.25) is 4.79 Å². The van der Waals surface area contributed by atoms with Crippen LogP contribution in [0.25, 0.3) is 0 Å². The standard InChI is InChI=1S/C14H16BrNO3/c1-9-10(5-4-6-11(9)15)13(17)16-8-3-2-7-12(16)14(18)19/h4-6,12H,2-3,7-8H2,1H3,(H,18,19). The Morgan fingerprint density at radius 2 is 2.11 bits per heavy atom. The van der Waals surface area contributed by atoms with E-state index in [0.29, 0.717) is 18.5 Å². The Morgan fingerprint density at radius 1 is 1.37 bits per heavy atom. The molecule has 19 heavy (non-hydrogen) atoms. The fourth-order valence-corrected chi connectivity index (χ4v) is 2.79. The van der Waals surface area contributed by atoms with Crippen molar-refractivity contribution in [3.05, 3.63) is 33.8 Å². The highest BCUT2D eigenvalue weighted by Crippen LogP contribution is 2.24. The molecule has 1 N–H and O–H groups in total. The molecule has 1 aliphatic heterocycles. The molecule has 1 atom stereocenters. The van der Waals surface area contributed by atoms with Gasteiger partial charge in [0.15, 0.2) is 0 Å². The van der Waals surface area contributed by atoms with Crippen molar-refractivity contribution in [2.24, 2.45) is 0 Å². The van der Waals surface area contributed by atoms with Gasteiger partial charge in [0.25, 0.3) is 5.91 Å². The number of likely N-dealkylation sites (tertiary alicyclic amines) is 1. The van der Waals surface area contributed by atoms with Crippen LogP contribution in [0.4, 0.5) is 0 Å². The van der Waals surface area contributed by atoms with Gasteiger partial charge in [-0.05, 0) is 43.9 Å². The predicted octanol–water partition coefficient (Wildman–Crippen LogP) is 2.84. The van der Waals surface area contributed by atoms with E-state index in [-0.39, 0.29) is 5.91 Å². The largest absolute Gasteiger partial charge is 0.480 e. The van der Waals surface area contributed by atoms with Gasteiger partial charge >= 0.3 is 5.97 Å². The van der Waals surface area contributed by atoms with E-state index in [1.807, 2.05) is 13.0 Å². The lowest BCUT2D eigenvalue weighted by Crippen LogP contribution is -2.48. The van der Waals surface area contributed by atoms with Crippen molar-refractivity contribution < 1.29 is 14.7 Å². The maximum absolute atomic E-state index is 12.5. The molecule has 0 aromatic heterocycles. The molecule has 102 valence electrons. The van der Waals surface area contributed by atoms with Gasteiger partial charge in [0, 0.05) is 16.6 Å². The van der Waals surface area contributed by atoms with Gasteiger partial charge in [-0.15, -0.1) is 0 Å². The molecule has 1 amide bonds. The minimum absolute atomic E-state index is 0.189. The monoisotopic (exact) mass is 325 g/mol. The van der Waals surface area contributed by atoms with Crippen molar-refractivity contribution in [3.8, 4) is 0 Å². The lowest BCUT2D eigenvalue weighted by Gasteiger charge is -2.33. The molecule has 0 spiro atoms. The predicted molar refractivity (Wildman–Crippen MR) is 75.2 cm³/mol. The molecular formula is C14H16BrNO3. The van der Waals surface area contributed by atoms with Crippen LogP contribution in [-0.4, -0.2) is 34.5 Å². The number of benzene rings is 1. The van der Waals surface area contributed by atoms with Gasteiger partial charge in [-0.1, -0.05) is 22.0 Å². The molecule has 1 unspecified atom stereocenters. The second kappa shape index (κ2) is 5.74. The molecule has 1 aromatic carbocycles. The molecule has 5 heteroatoms. The zero-order valence-corrected chi connectivity index (χ0v) is 12.3. The van der Waals surface area contributed by atoms with Crippen LogP contribution in [0.15, 0.2) is 22.7 Å². The maximum atomic E-state index is 12.5. The third-order valence-corrected chi connectivity index (χ3v) is 4.41. The van der Waals surface area contributed by atoms with E-state index >= 15 is 0 Å². The highest BCUT2D eigenvalue weighted by atomic mass is 79.9. The fourth-order valence-electron chi connectivity index (χ4n) is 2.43. The lowest BCUT2D eigenvalue weighted by atomic mass is 9.99. The van der Waals surface area contributed by atoms with Crippen LogP contribution in [0.2, 0.25) is 0 Å². The summed E-state index contributed by atoms with van der Waals surface area (Å²) in [4.78, 5) is 25.3. The second-order valence-corrected chi connectivity index (χ2v) is 5.62. The van der Waals surface area contributed by atoms with Gasteiger partial charge in [0.2, 0.25) is 0 Å². The number of piperidine rings is 1. The SMILES string of the molecule is Cc1c(Br)cccc1C(=O)N1CCCCC1C(=O)O. The number of aliphatic carboxylic acids is 1. The van der Waals surface area contributed by atoms with Gasteiger partial charge in [0.05, 0.1) is 0 Å². The number of amides is 1. The number of hydrogen-bond acceptors (Lipinski definition) is 2. The van der Waals surface area contributed by atoms with E-state index in [1.54, 1.807) is 12.1 Å². The van der Waals surface area contributed by atoms with Crippen molar-refractivity contribution in [1.82, 2.24) is 4.90 Å². The topological polar surface area (TPSA) is 57.6 Å². The van der Waals surface area contributed by atoms with Crippen LogP contribution in [0.1, 0.15) is 35.2 Å². The summed E-state index contributed by atoms with van der Waals surface area (Å²) < 4.78 is 0.863. The zero-order valence-electron chi connectivity index (χ0n) is 10.7. The Kier molecular flexibility index (Phi) is 4.24. The Labute approximate surface area is 120 Å². The first-order valence-electron chi connectivity index (χ1n) is 6.31. The van der Waals surface area contributed by atoms with Crippen molar-refractivity contribution in [1.29, 1.82) is 0 Å². The molecular weight excluding hydrogens is 310 g/mol. The fraction of sp³-hybridized carbons (Fsp3) is 0.429. The molecule has 0 saturated carbocycles. The van der Waals surface area contributed by atoms with Crippen LogP contribution in [0.5, 0.6) is 0 Å². The smallest absolute Gasteiger partial charge is 0.326 e. The molecule has 0 bridgehead atoms. The van der Waals surface area contributed by atoms with Gasteiger partial charge in [-0.25, -0.2) is 4.79 Å². The third kappa shape index (κ3) is 2.81. The highest BCUT2D eigenvalue weighted by Gasteiger charge is 2.32. The van der Waals surface area contributed by atoms with Crippen molar-refractivity contribution in [2.45, 2.75) is 32.2 Å². The summed E-state index contributed by atoms with van der Waals surface area (Å²) in [5.41, 5.74) is 1.42. The van der Waals surface area contributed by atoms with Crippen LogP contribution in [0.3, 0.4) is 0 Å². The highest BCUT2D eigenvalue weighted by molar-refractivity contribution is 9.10. The molecule has 2 rings (SSSR count). The summed E-state index contributed by atoms with van der Waals surface area (Å²) in [5, 5.41) is 9.23. The van der Waals surface area contributed by atoms with Gasteiger partial charge in [0.1, 0.15) is 6.04 Å². The Hall–Kier alpha value is -1.36. The van der Waals surface area contributed by atoms with Gasteiger partial charge in [-0.2, -0.15) is 0 Å². The third-order valence-electron chi connectivity index (χ3n) is 3.55. The Morgan fingerprint density at radius 3 is 2.79 bits per heavy atom. The van der Waals surface area contributed by atoms with E-state index in [4.69, 9.17) is 0 Å². The van der Waals surface area contributed by atoms with Crippen LogP contribution < -0.4 is 0 Å². The van der Waals surface area contributed by atoms with E-state index < -0.39 is 12.0 Å². The number of rotatable bonds is 2. The van der Waals surface area contributed by atoms with Crippen LogP contribution >= 0.6 is 15.9 Å². The van der Waals surface area contributed by atoms with Gasteiger partial charge < -0.3 is 10.0 Å². The summed E-state index contributed by atoms with van der Waals surface area (Å²) >= 11 is 3.40. The zero-order chi connectivity index (χ0) is 14.0. The quantitative estimate of drug-likeness (QED) is 0.909. The number of carbonyl (C=O) groups excluding carboxylic acids is 1. The first-order chi connectivity index (χ1) is 9.02. The number of carbonyl (C=O) groups is 2. The minimum Gasteiger partial charge on any atom is -0.480 e. The molecule has 1 saturated heterocycles. The minimum atomic E-state index is -0.916. The number of carboxylic acid groups (broad SMARTS) is 1. The average molecular weight is 326 g/mol. The van der Waals surface area contributed by atoms with Crippen molar-refractivity contribution >= 4 is 27.8 Å². The number of hydrogen-bond donors (Lipinski definition) is 1. The molecule has 1 heterocycles. The summed E-state index contributed by atoms with van der Waals surface area (Å²) in [7, 11) is 0. The maximum Gasteiger partial charge on any atom is 0.326 e. The molecule has 0 radical (unpaired) electrons. The first kappa shape index (κ1) is 14.1. The molecule has 1 aliphatic rings. The van der Waals surface area contributed by atoms with Crippen molar-refractivity contribution in [3.63, 3.8) is 0 Å². The second-order valence-electron chi connectivity index (χ2n) is 4.76. The molecule has 1 aromatic rings. The number of halogens is 1. The normalized spacial score (nSPS) is 19.3. The van der Waals surface area contributed by atoms with Crippen LogP contribution in [0, 0.1) is 6.92 Å². The van der Waals surface area contributed by atoms with Crippen LogP contribution in [-0.2, 0) is 4.79 Å². The Balaban J connectivity index is 2.31. The summed E-state index contributed by atoms with van der Waals surface area (Å²) in [6.07, 6.45) is 2.26. The summed E-state index contributed by atoms with van der Waals surface area (Å²) in [6, 6.07) is 4.72.